The molecule has 0 saturated heterocycles. The first kappa shape index (κ1) is 11.4. The first-order valence-corrected chi connectivity index (χ1v) is 5.99. The van der Waals surface area contributed by atoms with Gasteiger partial charge in [0.15, 0.2) is 0 Å². The van der Waals surface area contributed by atoms with Crippen molar-refractivity contribution in [3.05, 3.63) is 58.0 Å². The number of hydrogen-bond donors (Lipinski definition) is 1. The summed E-state index contributed by atoms with van der Waals surface area (Å²) in [7, 11) is 0. The molecule has 0 amide bonds. The fraction of sp³-hybridized carbons (Fsp3) is 0.231. The Morgan fingerprint density at radius 1 is 1.38 bits per heavy atom. The first-order valence-electron chi connectivity index (χ1n) is 5.20. The van der Waals surface area contributed by atoms with Crippen LogP contribution in [-0.2, 0) is 6.42 Å². The Kier molecular flexibility index (Phi) is 3.46. The van der Waals surface area contributed by atoms with Crippen LogP contribution in [0, 0.1) is 6.92 Å². The predicted molar refractivity (Wildman–Crippen MR) is 68.2 cm³/mol. The van der Waals surface area contributed by atoms with Crippen LogP contribution >= 0.6 is 15.9 Å². The molecule has 1 aromatic heterocycles. The second kappa shape index (κ2) is 4.85. The third-order valence-corrected chi connectivity index (χ3v) is 3.60. The molecule has 2 rings (SSSR count). The molecular formula is C13H14BrNO. The molecule has 0 saturated carbocycles. The van der Waals surface area contributed by atoms with E-state index in [2.05, 4.69) is 28.9 Å². The number of halogens is 1. The number of furan rings is 1. The van der Waals surface area contributed by atoms with Gasteiger partial charge in [-0.2, -0.15) is 0 Å². The van der Waals surface area contributed by atoms with Crippen molar-refractivity contribution in [2.75, 3.05) is 0 Å². The molecule has 1 atom stereocenters. The van der Waals surface area contributed by atoms with Crippen LogP contribution in [0.15, 0.2) is 45.7 Å². The van der Waals surface area contributed by atoms with E-state index in [1.807, 2.05) is 18.2 Å². The Morgan fingerprint density at radius 3 is 2.88 bits per heavy atom. The van der Waals surface area contributed by atoms with E-state index < -0.39 is 0 Å². The van der Waals surface area contributed by atoms with Crippen LogP contribution in [0.1, 0.15) is 22.7 Å². The highest BCUT2D eigenvalue weighted by Gasteiger charge is 2.11. The zero-order valence-electron chi connectivity index (χ0n) is 9.11. The number of benzene rings is 1. The van der Waals surface area contributed by atoms with E-state index in [1.54, 1.807) is 12.5 Å². The second-order valence-corrected chi connectivity index (χ2v) is 4.75. The van der Waals surface area contributed by atoms with Crippen molar-refractivity contribution in [2.45, 2.75) is 19.4 Å². The molecule has 0 bridgehead atoms. The van der Waals surface area contributed by atoms with Gasteiger partial charge in [0.05, 0.1) is 12.5 Å². The third-order valence-electron chi connectivity index (χ3n) is 2.74. The lowest BCUT2D eigenvalue weighted by Crippen LogP contribution is -2.14. The summed E-state index contributed by atoms with van der Waals surface area (Å²) in [5.74, 6) is 0. The third kappa shape index (κ3) is 2.36. The molecule has 0 spiro atoms. The van der Waals surface area contributed by atoms with Gasteiger partial charge in [0, 0.05) is 10.5 Å². The van der Waals surface area contributed by atoms with Crippen LogP contribution in [0.5, 0.6) is 0 Å². The largest absolute Gasteiger partial charge is 0.472 e. The Morgan fingerprint density at radius 2 is 2.19 bits per heavy atom. The molecule has 1 unspecified atom stereocenters. The molecule has 2 aromatic rings. The molecule has 0 aliphatic carbocycles. The van der Waals surface area contributed by atoms with E-state index in [0.29, 0.717) is 0 Å². The van der Waals surface area contributed by atoms with E-state index in [4.69, 9.17) is 10.2 Å². The summed E-state index contributed by atoms with van der Waals surface area (Å²) in [5, 5.41) is 0. The van der Waals surface area contributed by atoms with Crippen molar-refractivity contribution in [1.82, 2.24) is 0 Å². The lowest BCUT2D eigenvalue weighted by atomic mass is 9.97. The molecule has 0 aliphatic heterocycles. The molecule has 1 heterocycles. The molecule has 2 N–H and O–H groups in total. The maximum atomic E-state index is 6.19. The van der Waals surface area contributed by atoms with Crippen molar-refractivity contribution in [1.29, 1.82) is 0 Å². The van der Waals surface area contributed by atoms with Crippen molar-refractivity contribution in [2.24, 2.45) is 5.73 Å². The van der Waals surface area contributed by atoms with Crippen LogP contribution in [0.25, 0.3) is 0 Å². The Balaban J connectivity index is 2.21. The lowest BCUT2D eigenvalue weighted by Gasteiger charge is -2.14. The summed E-state index contributed by atoms with van der Waals surface area (Å²) in [5.41, 5.74) is 9.71. The Labute approximate surface area is 104 Å². The van der Waals surface area contributed by atoms with Crippen LogP contribution < -0.4 is 5.73 Å². The lowest BCUT2D eigenvalue weighted by molar-refractivity contribution is 0.561. The molecule has 84 valence electrons. The van der Waals surface area contributed by atoms with Gasteiger partial charge in [0.2, 0.25) is 0 Å². The van der Waals surface area contributed by atoms with Crippen molar-refractivity contribution in [3.63, 3.8) is 0 Å². The summed E-state index contributed by atoms with van der Waals surface area (Å²) in [6, 6.07) is 8.08. The Hall–Kier alpha value is -1.06. The smallest absolute Gasteiger partial charge is 0.0935 e. The van der Waals surface area contributed by atoms with E-state index >= 15 is 0 Å². The number of rotatable bonds is 3. The molecule has 0 radical (unpaired) electrons. The van der Waals surface area contributed by atoms with Gasteiger partial charge in [-0.05, 0) is 42.2 Å². The van der Waals surface area contributed by atoms with Crippen LogP contribution in [0.3, 0.4) is 0 Å². The number of hydrogen-bond acceptors (Lipinski definition) is 2. The predicted octanol–water partition coefficient (Wildman–Crippen LogP) is 3.59. The quantitative estimate of drug-likeness (QED) is 0.933. The average molecular weight is 280 g/mol. The maximum Gasteiger partial charge on any atom is 0.0935 e. The van der Waals surface area contributed by atoms with E-state index in [9.17, 15) is 0 Å². The fourth-order valence-corrected chi connectivity index (χ4v) is 2.18. The summed E-state index contributed by atoms with van der Waals surface area (Å²) >= 11 is 3.52. The minimum Gasteiger partial charge on any atom is -0.472 e. The van der Waals surface area contributed by atoms with Crippen molar-refractivity contribution < 1.29 is 4.42 Å². The van der Waals surface area contributed by atoms with Crippen molar-refractivity contribution in [3.8, 4) is 0 Å². The fourth-order valence-electron chi connectivity index (χ4n) is 1.80. The van der Waals surface area contributed by atoms with E-state index in [1.165, 1.54) is 11.1 Å². The molecule has 0 fully saturated rings. The molecule has 2 nitrogen and oxygen atoms in total. The van der Waals surface area contributed by atoms with Gasteiger partial charge in [0.25, 0.3) is 0 Å². The minimum atomic E-state index is 0.00935. The van der Waals surface area contributed by atoms with Gasteiger partial charge in [0.1, 0.15) is 0 Å². The van der Waals surface area contributed by atoms with Crippen LogP contribution in [0.4, 0.5) is 0 Å². The molecule has 0 aliphatic rings. The monoisotopic (exact) mass is 279 g/mol. The Bertz CT molecular complexity index is 465. The van der Waals surface area contributed by atoms with Gasteiger partial charge >= 0.3 is 0 Å². The zero-order chi connectivity index (χ0) is 11.5. The first-order chi connectivity index (χ1) is 7.68. The van der Waals surface area contributed by atoms with Crippen LogP contribution in [0.2, 0.25) is 0 Å². The minimum absolute atomic E-state index is 0.00935. The van der Waals surface area contributed by atoms with Gasteiger partial charge in [-0.3, -0.25) is 0 Å². The summed E-state index contributed by atoms with van der Waals surface area (Å²) in [6.45, 7) is 2.08. The SMILES string of the molecule is Cc1c(Br)cccc1C(N)Cc1ccoc1. The molecule has 16 heavy (non-hydrogen) atoms. The van der Waals surface area contributed by atoms with Gasteiger partial charge in [-0.1, -0.05) is 28.1 Å². The van der Waals surface area contributed by atoms with Gasteiger partial charge in [-0.15, -0.1) is 0 Å². The van der Waals surface area contributed by atoms with Gasteiger partial charge < -0.3 is 10.2 Å². The number of nitrogens with two attached hydrogens (primary N) is 1. The zero-order valence-corrected chi connectivity index (χ0v) is 10.7. The standard InChI is InChI=1S/C13H14BrNO/c1-9-11(3-2-4-12(9)14)13(15)7-10-5-6-16-8-10/h2-6,8,13H,7,15H2,1H3. The van der Waals surface area contributed by atoms with Gasteiger partial charge in [-0.25, -0.2) is 0 Å². The van der Waals surface area contributed by atoms with E-state index in [0.717, 1.165) is 16.5 Å². The summed E-state index contributed by atoms with van der Waals surface area (Å²) in [4.78, 5) is 0. The highest BCUT2D eigenvalue weighted by Crippen LogP contribution is 2.25. The highest BCUT2D eigenvalue weighted by molar-refractivity contribution is 9.10. The molecular weight excluding hydrogens is 266 g/mol. The summed E-state index contributed by atoms with van der Waals surface area (Å²) in [6.07, 6.45) is 4.22. The summed E-state index contributed by atoms with van der Waals surface area (Å²) < 4.78 is 6.14. The topological polar surface area (TPSA) is 39.2 Å². The van der Waals surface area contributed by atoms with E-state index in [-0.39, 0.29) is 6.04 Å². The normalized spacial score (nSPS) is 12.7. The molecule has 1 aromatic carbocycles. The average Bonchev–Trinajstić information content (AvgIpc) is 2.74. The molecule has 3 heteroatoms. The van der Waals surface area contributed by atoms with Crippen LogP contribution in [-0.4, -0.2) is 0 Å². The second-order valence-electron chi connectivity index (χ2n) is 3.90. The highest BCUT2D eigenvalue weighted by atomic mass is 79.9. The van der Waals surface area contributed by atoms with Crippen molar-refractivity contribution >= 4 is 15.9 Å². The maximum absolute atomic E-state index is 6.19.